The number of aryl methyl sites for hydroxylation is 1. The first-order valence-corrected chi connectivity index (χ1v) is 10.4. The highest BCUT2D eigenvalue weighted by molar-refractivity contribution is 7.91. The largest absolute Gasteiger partial charge is 0.256 e. The van der Waals surface area contributed by atoms with Crippen molar-refractivity contribution in [1.29, 1.82) is 0 Å². The summed E-state index contributed by atoms with van der Waals surface area (Å²) in [4.78, 5) is 5.30. The maximum Gasteiger partial charge on any atom is 0.247 e. The predicted molar refractivity (Wildman–Crippen MR) is 107 cm³/mol. The second-order valence-corrected chi connectivity index (χ2v) is 8.94. The minimum Gasteiger partial charge on any atom is -0.256 e. The molecule has 4 nitrogen and oxygen atoms in total. The van der Waals surface area contributed by atoms with Crippen molar-refractivity contribution in [3.05, 3.63) is 72.4 Å². The fraction of sp³-hybridized carbons (Fsp3) is 0.0500. The zero-order chi connectivity index (χ0) is 18.3. The molecule has 6 heteroatoms. The van der Waals surface area contributed by atoms with Crippen molar-refractivity contribution >= 4 is 32.3 Å². The van der Waals surface area contributed by atoms with E-state index in [9.17, 15) is 8.42 Å². The van der Waals surface area contributed by atoms with Gasteiger partial charge < -0.3 is 0 Å². The van der Waals surface area contributed by atoms with Crippen LogP contribution < -0.4 is 5.14 Å². The molecule has 0 bridgehead atoms. The topological polar surface area (TPSA) is 73.1 Å². The van der Waals surface area contributed by atoms with Gasteiger partial charge in [0.05, 0.1) is 5.52 Å². The number of hydrogen-bond donors (Lipinski definition) is 1. The number of fused-ring (bicyclic) bond motifs is 1. The van der Waals surface area contributed by atoms with Crippen molar-refractivity contribution in [2.24, 2.45) is 5.14 Å². The number of nitrogens with two attached hydrogens (primary N) is 1. The van der Waals surface area contributed by atoms with Crippen molar-refractivity contribution in [2.45, 2.75) is 11.1 Å². The molecule has 0 saturated carbocycles. The number of thiophene rings is 1. The van der Waals surface area contributed by atoms with Gasteiger partial charge in [0.25, 0.3) is 0 Å². The second-order valence-electron chi connectivity index (χ2n) is 6.07. The van der Waals surface area contributed by atoms with E-state index in [-0.39, 0.29) is 4.21 Å². The number of sulfonamides is 1. The van der Waals surface area contributed by atoms with Gasteiger partial charge in [-0.2, -0.15) is 0 Å². The molecule has 2 aromatic heterocycles. The van der Waals surface area contributed by atoms with Crippen LogP contribution in [-0.2, 0) is 10.0 Å². The Morgan fingerprint density at radius 2 is 1.77 bits per heavy atom. The summed E-state index contributed by atoms with van der Waals surface area (Å²) >= 11 is 1.18. The molecule has 0 spiro atoms. The minimum atomic E-state index is -3.66. The molecule has 2 N–H and O–H groups in total. The molecule has 0 saturated heterocycles. The maximum atomic E-state index is 11.5. The molecule has 0 fully saturated rings. The number of benzene rings is 2. The number of aromatic nitrogens is 1. The van der Waals surface area contributed by atoms with Crippen molar-refractivity contribution in [1.82, 2.24) is 4.98 Å². The van der Waals surface area contributed by atoms with Crippen LogP contribution >= 0.6 is 11.3 Å². The standard InChI is InChI=1S/C20H16N2O2S2/c1-13-12-14(19-8-9-20(25-19)26(21,23)24)6-7-15(13)16-10-11-22-18-5-3-2-4-17(16)18/h2-12H,1H3,(H2,21,23,24). The highest BCUT2D eigenvalue weighted by atomic mass is 32.2. The van der Waals surface area contributed by atoms with Crippen LogP contribution in [0.15, 0.2) is 71.1 Å². The molecule has 26 heavy (non-hydrogen) atoms. The molecule has 0 aliphatic carbocycles. The van der Waals surface area contributed by atoms with Gasteiger partial charge in [0.1, 0.15) is 4.21 Å². The highest BCUT2D eigenvalue weighted by Gasteiger charge is 2.13. The third kappa shape index (κ3) is 3.03. The molecule has 4 rings (SSSR count). The fourth-order valence-corrected chi connectivity index (χ4v) is 4.80. The SMILES string of the molecule is Cc1cc(-c2ccc(S(N)(=O)=O)s2)ccc1-c1ccnc2ccccc12. The first-order chi connectivity index (χ1) is 12.4. The van der Waals surface area contributed by atoms with Crippen molar-refractivity contribution in [2.75, 3.05) is 0 Å². The van der Waals surface area contributed by atoms with Crippen LogP contribution in [0, 0.1) is 6.92 Å². The predicted octanol–water partition coefficient (Wildman–Crippen LogP) is 4.59. The smallest absolute Gasteiger partial charge is 0.247 e. The van der Waals surface area contributed by atoms with E-state index < -0.39 is 10.0 Å². The van der Waals surface area contributed by atoms with E-state index >= 15 is 0 Å². The van der Waals surface area contributed by atoms with E-state index in [1.165, 1.54) is 11.3 Å². The van der Waals surface area contributed by atoms with Crippen LogP contribution in [0.1, 0.15) is 5.56 Å². The average molecular weight is 380 g/mol. The summed E-state index contributed by atoms with van der Waals surface area (Å²) in [6.07, 6.45) is 1.82. The summed E-state index contributed by atoms with van der Waals surface area (Å²) < 4.78 is 23.2. The van der Waals surface area contributed by atoms with Crippen LogP contribution in [0.5, 0.6) is 0 Å². The van der Waals surface area contributed by atoms with E-state index in [1.807, 2.05) is 36.5 Å². The molecule has 0 aliphatic rings. The lowest BCUT2D eigenvalue weighted by Gasteiger charge is -2.11. The Morgan fingerprint density at radius 1 is 0.962 bits per heavy atom. The number of nitrogens with zero attached hydrogens (tertiary/aromatic N) is 1. The summed E-state index contributed by atoms with van der Waals surface area (Å²) in [6, 6.07) is 19.6. The number of rotatable bonds is 3. The normalized spacial score (nSPS) is 11.8. The molecule has 0 amide bonds. The Bertz CT molecular complexity index is 1220. The van der Waals surface area contributed by atoms with E-state index in [4.69, 9.17) is 5.14 Å². The van der Waals surface area contributed by atoms with Crippen molar-refractivity contribution in [3.8, 4) is 21.6 Å². The number of pyridine rings is 1. The lowest BCUT2D eigenvalue weighted by Crippen LogP contribution is -2.09. The molecule has 0 unspecified atom stereocenters. The molecule has 2 aromatic carbocycles. The molecular formula is C20H16N2O2S2. The Morgan fingerprint density at radius 3 is 2.50 bits per heavy atom. The van der Waals surface area contributed by atoms with Crippen molar-refractivity contribution in [3.63, 3.8) is 0 Å². The summed E-state index contributed by atoms with van der Waals surface area (Å²) in [7, 11) is -3.66. The first kappa shape index (κ1) is 16.9. The van der Waals surface area contributed by atoms with Crippen LogP contribution in [0.3, 0.4) is 0 Å². The molecule has 0 atom stereocenters. The molecular weight excluding hydrogens is 364 g/mol. The molecule has 0 aliphatic heterocycles. The fourth-order valence-electron chi connectivity index (χ4n) is 3.08. The van der Waals surface area contributed by atoms with Gasteiger partial charge in [-0.25, -0.2) is 13.6 Å². The van der Waals surface area contributed by atoms with Crippen LogP contribution in [0.2, 0.25) is 0 Å². The molecule has 0 radical (unpaired) electrons. The molecule has 2 heterocycles. The quantitative estimate of drug-likeness (QED) is 0.565. The minimum absolute atomic E-state index is 0.175. The number of primary sulfonamides is 1. The molecule has 4 aromatic rings. The summed E-state index contributed by atoms with van der Waals surface area (Å²) in [5.74, 6) is 0. The van der Waals surface area contributed by atoms with Crippen molar-refractivity contribution < 1.29 is 8.42 Å². The van der Waals surface area contributed by atoms with Crippen LogP contribution in [0.4, 0.5) is 0 Å². The van der Waals surface area contributed by atoms with Gasteiger partial charge in [0, 0.05) is 16.5 Å². The Kier molecular flexibility index (Phi) is 4.11. The van der Waals surface area contributed by atoms with Gasteiger partial charge >= 0.3 is 0 Å². The van der Waals surface area contributed by atoms with E-state index in [1.54, 1.807) is 12.1 Å². The summed E-state index contributed by atoms with van der Waals surface area (Å²) in [5.41, 5.74) is 5.32. The highest BCUT2D eigenvalue weighted by Crippen LogP contribution is 2.35. The van der Waals surface area contributed by atoms with Gasteiger partial charge in [0.2, 0.25) is 10.0 Å². The number of para-hydroxylation sites is 1. The van der Waals surface area contributed by atoms with E-state index in [0.717, 1.165) is 38.0 Å². The van der Waals surface area contributed by atoms with E-state index in [2.05, 4.69) is 30.1 Å². The summed E-state index contributed by atoms with van der Waals surface area (Å²) in [6.45, 7) is 2.06. The monoisotopic (exact) mass is 380 g/mol. The van der Waals surface area contributed by atoms with E-state index in [0.29, 0.717) is 0 Å². The zero-order valence-corrected chi connectivity index (χ0v) is 15.6. The lowest BCUT2D eigenvalue weighted by atomic mass is 9.95. The number of hydrogen-bond acceptors (Lipinski definition) is 4. The van der Waals surface area contributed by atoms with Gasteiger partial charge in [-0.3, -0.25) is 4.98 Å². The maximum absolute atomic E-state index is 11.5. The zero-order valence-electron chi connectivity index (χ0n) is 14.0. The Hall–Kier alpha value is -2.54. The van der Waals surface area contributed by atoms with Gasteiger partial charge in [-0.1, -0.05) is 36.4 Å². The van der Waals surface area contributed by atoms with Crippen LogP contribution in [-0.4, -0.2) is 13.4 Å². The molecule has 130 valence electrons. The average Bonchev–Trinajstić information content (AvgIpc) is 3.12. The van der Waals surface area contributed by atoms with Gasteiger partial charge in [0.15, 0.2) is 0 Å². The second kappa shape index (κ2) is 6.32. The third-order valence-electron chi connectivity index (χ3n) is 4.31. The Labute approximate surface area is 156 Å². The lowest BCUT2D eigenvalue weighted by molar-refractivity contribution is 0.600. The first-order valence-electron chi connectivity index (χ1n) is 8.01. The Balaban J connectivity index is 1.80. The van der Waals surface area contributed by atoms with Gasteiger partial charge in [-0.05, 0) is 53.4 Å². The summed E-state index contributed by atoms with van der Waals surface area (Å²) in [5, 5.41) is 6.32. The van der Waals surface area contributed by atoms with Gasteiger partial charge in [-0.15, -0.1) is 11.3 Å². The third-order valence-corrected chi connectivity index (χ3v) is 6.88. The van der Waals surface area contributed by atoms with Crippen LogP contribution in [0.25, 0.3) is 32.5 Å².